The number of amides is 1. The zero-order valence-electron chi connectivity index (χ0n) is 10.8. The minimum absolute atomic E-state index is 0.211. The van der Waals surface area contributed by atoms with Crippen molar-refractivity contribution in [2.75, 3.05) is 18.9 Å². The third kappa shape index (κ3) is 3.51. The molecule has 0 saturated carbocycles. The Hall–Kier alpha value is -2.44. The molecule has 2 rings (SSSR count). The summed E-state index contributed by atoms with van der Waals surface area (Å²) >= 11 is 0. The molecule has 0 unspecified atom stereocenters. The molecule has 2 aromatic rings. The summed E-state index contributed by atoms with van der Waals surface area (Å²) in [7, 11) is 1.57. The van der Waals surface area contributed by atoms with Gasteiger partial charge in [-0.1, -0.05) is 5.16 Å². The molecule has 0 aliphatic heterocycles. The molecule has 7 nitrogen and oxygen atoms in total. The first-order chi connectivity index (χ1) is 9.19. The molecule has 2 aromatic heterocycles. The van der Waals surface area contributed by atoms with Gasteiger partial charge in [0, 0.05) is 38.8 Å². The number of hydrogen-bond donors (Lipinski definition) is 2. The van der Waals surface area contributed by atoms with E-state index in [4.69, 9.17) is 4.52 Å². The van der Waals surface area contributed by atoms with Crippen LogP contribution in [0.1, 0.15) is 22.2 Å². The van der Waals surface area contributed by atoms with Gasteiger partial charge in [0.25, 0.3) is 5.91 Å². The van der Waals surface area contributed by atoms with Crippen molar-refractivity contribution in [2.24, 2.45) is 0 Å². The Bertz CT molecular complexity index is 567. The second kappa shape index (κ2) is 5.94. The predicted octanol–water partition coefficient (Wildman–Crippen LogP) is 0.787. The summed E-state index contributed by atoms with van der Waals surface area (Å²) in [6, 6.07) is 3.49. The van der Waals surface area contributed by atoms with Crippen LogP contribution in [0.15, 0.2) is 22.9 Å². The van der Waals surface area contributed by atoms with Gasteiger partial charge in [-0.15, -0.1) is 0 Å². The molecule has 0 saturated heterocycles. The SMILES string of the molecule is CNC(=O)c1cc(NCCc2noc(C)n2)ccn1. The lowest BCUT2D eigenvalue weighted by Gasteiger charge is -2.06. The molecule has 0 aliphatic carbocycles. The highest BCUT2D eigenvalue weighted by atomic mass is 16.5. The Balaban J connectivity index is 1.90. The maximum Gasteiger partial charge on any atom is 0.269 e. The summed E-state index contributed by atoms with van der Waals surface area (Å²) in [5.74, 6) is 1.00. The Kier molecular flexibility index (Phi) is 4.07. The van der Waals surface area contributed by atoms with Crippen LogP contribution < -0.4 is 10.6 Å². The molecule has 19 heavy (non-hydrogen) atoms. The van der Waals surface area contributed by atoms with Crippen molar-refractivity contribution in [1.29, 1.82) is 0 Å². The molecule has 0 spiro atoms. The first-order valence-corrected chi connectivity index (χ1v) is 5.90. The molecule has 0 atom stereocenters. The van der Waals surface area contributed by atoms with Gasteiger partial charge in [-0.2, -0.15) is 4.98 Å². The molecule has 2 heterocycles. The lowest BCUT2D eigenvalue weighted by atomic mass is 10.3. The molecule has 1 amide bonds. The summed E-state index contributed by atoms with van der Waals surface area (Å²) < 4.78 is 4.88. The molecule has 0 aliphatic rings. The van der Waals surface area contributed by atoms with E-state index in [1.54, 1.807) is 32.3 Å². The summed E-state index contributed by atoms with van der Waals surface area (Å²) in [6.07, 6.45) is 2.24. The summed E-state index contributed by atoms with van der Waals surface area (Å²) in [4.78, 5) is 19.5. The fraction of sp³-hybridized carbons (Fsp3) is 0.333. The van der Waals surface area contributed by atoms with Crippen LogP contribution in [0.2, 0.25) is 0 Å². The number of anilines is 1. The highest BCUT2D eigenvalue weighted by Gasteiger charge is 2.06. The van der Waals surface area contributed by atoms with E-state index in [0.29, 0.717) is 30.4 Å². The molecule has 0 bridgehead atoms. The summed E-state index contributed by atoms with van der Waals surface area (Å²) in [6.45, 7) is 2.40. The van der Waals surface area contributed by atoms with Crippen molar-refractivity contribution in [2.45, 2.75) is 13.3 Å². The van der Waals surface area contributed by atoms with E-state index in [1.807, 2.05) is 0 Å². The van der Waals surface area contributed by atoms with Crippen molar-refractivity contribution in [3.63, 3.8) is 0 Å². The van der Waals surface area contributed by atoms with Crippen LogP contribution in [0.3, 0.4) is 0 Å². The van der Waals surface area contributed by atoms with Crippen LogP contribution in [0.25, 0.3) is 0 Å². The van der Waals surface area contributed by atoms with Crippen LogP contribution in [0.4, 0.5) is 5.69 Å². The van der Waals surface area contributed by atoms with Crippen molar-refractivity contribution in [1.82, 2.24) is 20.4 Å². The Morgan fingerprint density at radius 1 is 1.47 bits per heavy atom. The van der Waals surface area contributed by atoms with E-state index in [0.717, 1.165) is 5.69 Å². The lowest BCUT2D eigenvalue weighted by molar-refractivity contribution is 0.0958. The van der Waals surface area contributed by atoms with Crippen molar-refractivity contribution < 1.29 is 9.32 Å². The second-order valence-electron chi connectivity index (χ2n) is 3.92. The molecule has 0 aromatic carbocycles. The van der Waals surface area contributed by atoms with Crippen LogP contribution in [-0.4, -0.2) is 34.6 Å². The number of nitrogens with one attached hydrogen (secondary N) is 2. The quantitative estimate of drug-likeness (QED) is 0.826. The van der Waals surface area contributed by atoms with Crippen LogP contribution in [0.5, 0.6) is 0 Å². The van der Waals surface area contributed by atoms with E-state index >= 15 is 0 Å². The Morgan fingerprint density at radius 2 is 2.32 bits per heavy atom. The van der Waals surface area contributed by atoms with Crippen molar-refractivity contribution >= 4 is 11.6 Å². The van der Waals surface area contributed by atoms with Gasteiger partial charge < -0.3 is 15.2 Å². The van der Waals surface area contributed by atoms with E-state index < -0.39 is 0 Å². The van der Waals surface area contributed by atoms with Gasteiger partial charge in [-0.25, -0.2) is 0 Å². The molecular formula is C12H15N5O2. The van der Waals surface area contributed by atoms with Gasteiger partial charge in [0.05, 0.1) is 0 Å². The first kappa shape index (κ1) is 13.0. The number of aromatic nitrogens is 3. The highest BCUT2D eigenvalue weighted by Crippen LogP contribution is 2.08. The number of nitrogens with zero attached hydrogens (tertiary/aromatic N) is 3. The van der Waals surface area contributed by atoms with E-state index in [-0.39, 0.29) is 5.91 Å². The maximum atomic E-state index is 11.4. The molecule has 7 heteroatoms. The van der Waals surface area contributed by atoms with Gasteiger partial charge >= 0.3 is 0 Å². The molecule has 100 valence electrons. The Labute approximate surface area is 110 Å². The normalized spacial score (nSPS) is 10.2. The van der Waals surface area contributed by atoms with E-state index in [2.05, 4.69) is 25.8 Å². The van der Waals surface area contributed by atoms with Gasteiger partial charge in [0.2, 0.25) is 5.89 Å². The molecule has 0 fully saturated rings. The van der Waals surface area contributed by atoms with E-state index in [1.165, 1.54) is 0 Å². The standard InChI is InChI=1S/C12H15N5O2/c1-8-16-11(17-19-8)4-6-14-9-3-5-15-10(7-9)12(18)13-2/h3,5,7H,4,6H2,1-2H3,(H,13,18)(H,14,15). The predicted molar refractivity (Wildman–Crippen MR) is 68.9 cm³/mol. The Morgan fingerprint density at radius 3 is 3.00 bits per heavy atom. The topological polar surface area (TPSA) is 92.9 Å². The average Bonchev–Trinajstić information content (AvgIpc) is 2.84. The van der Waals surface area contributed by atoms with E-state index in [9.17, 15) is 4.79 Å². The fourth-order valence-electron chi connectivity index (χ4n) is 1.55. The minimum Gasteiger partial charge on any atom is -0.384 e. The number of hydrogen-bond acceptors (Lipinski definition) is 6. The van der Waals surface area contributed by atoms with Crippen molar-refractivity contribution in [3.05, 3.63) is 35.7 Å². The first-order valence-electron chi connectivity index (χ1n) is 5.90. The largest absolute Gasteiger partial charge is 0.384 e. The summed E-state index contributed by atoms with van der Waals surface area (Å²) in [5, 5.41) is 9.52. The third-order valence-corrected chi connectivity index (χ3v) is 2.47. The molecule has 0 radical (unpaired) electrons. The number of rotatable bonds is 5. The fourth-order valence-corrected chi connectivity index (χ4v) is 1.55. The average molecular weight is 261 g/mol. The zero-order valence-corrected chi connectivity index (χ0v) is 10.8. The molecular weight excluding hydrogens is 246 g/mol. The number of carbonyl (C=O) groups excluding carboxylic acids is 1. The highest BCUT2D eigenvalue weighted by molar-refractivity contribution is 5.92. The smallest absolute Gasteiger partial charge is 0.269 e. The van der Waals surface area contributed by atoms with Gasteiger partial charge in [0.15, 0.2) is 5.82 Å². The minimum atomic E-state index is -0.211. The van der Waals surface area contributed by atoms with Gasteiger partial charge in [-0.05, 0) is 12.1 Å². The van der Waals surface area contributed by atoms with Crippen LogP contribution >= 0.6 is 0 Å². The maximum absolute atomic E-state index is 11.4. The van der Waals surface area contributed by atoms with Gasteiger partial charge in [-0.3, -0.25) is 9.78 Å². The third-order valence-electron chi connectivity index (χ3n) is 2.47. The molecule has 2 N–H and O–H groups in total. The van der Waals surface area contributed by atoms with Crippen LogP contribution in [-0.2, 0) is 6.42 Å². The van der Waals surface area contributed by atoms with Crippen molar-refractivity contribution in [3.8, 4) is 0 Å². The monoisotopic (exact) mass is 261 g/mol. The number of pyridine rings is 1. The second-order valence-corrected chi connectivity index (χ2v) is 3.92. The zero-order chi connectivity index (χ0) is 13.7. The van der Waals surface area contributed by atoms with Crippen LogP contribution in [0, 0.1) is 6.92 Å². The van der Waals surface area contributed by atoms with Gasteiger partial charge in [0.1, 0.15) is 5.69 Å². The number of carbonyl (C=O) groups is 1. The number of aryl methyl sites for hydroxylation is 1. The lowest BCUT2D eigenvalue weighted by Crippen LogP contribution is -2.19. The summed E-state index contributed by atoms with van der Waals surface area (Å²) in [5.41, 5.74) is 1.21.